The summed E-state index contributed by atoms with van der Waals surface area (Å²) in [6.07, 6.45) is 0.890. The van der Waals surface area contributed by atoms with Gasteiger partial charge in [0.15, 0.2) is 23.0 Å². The van der Waals surface area contributed by atoms with Crippen LogP contribution in [0.4, 0.5) is 20.2 Å². The van der Waals surface area contributed by atoms with Crippen molar-refractivity contribution in [3.8, 4) is 11.8 Å². The fourth-order valence-electron chi connectivity index (χ4n) is 2.03. The number of ether oxygens (including phenoxy) is 1. The molecular formula is C13H7ClF2N4O4. The molecule has 0 spiro atoms. The molecule has 0 bridgehead atoms. The zero-order valence-electron chi connectivity index (χ0n) is 11.8. The van der Waals surface area contributed by atoms with Gasteiger partial charge in [-0.2, -0.15) is 5.26 Å². The molecule has 2 aromatic rings. The van der Waals surface area contributed by atoms with Gasteiger partial charge in [-0.25, -0.2) is 13.6 Å². The Bertz CT molecular complexity index is 920. The smallest absolute Gasteiger partial charge is 0.357 e. The van der Waals surface area contributed by atoms with Crippen molar-refractivity contribution in [3.05, 3.63) is 50.3 Å². The number of nitrogen functional groups attached to an aromatic ring is 1. The third kappa shape index (κ3) is 2.50. The number of nitrogens with zero attached hydrogens (tertiary/aromatic N) is 3. The van der Waals surface area contributed by atoms with Crippen molar-refractivity contribution in [3.63, 3.8) is 0 Å². The molecule has 0 saturated carbocycles. The number of benzene rings is 1. The molecule has 1 heterocycles. The van der Waals surface area contributed by atoms with E-state index in [2.05, 4.69) is 4.74 Å². The third-order valence-electron chi connectivity index (χ3n) is 3.10. The fraction of sp³-hybridized carbons (Fsp3) is 0.0769. The second-order valence-electron chi connectivity index (χ2n) is 4.39. The van der Waals surface area contributed by atoms with E-state index in [9.17, 15) is 23.7 Å². The molecule has 2 N–H and O–H groups in total. The van der Waals surface area contributed by atoms with E-state index in [1.807, 2.05) is 0 Å². The van der Waals surface area contributed by atoms with Crippen LogP contribution in [0.3, 0.4) is 0 Å². The molecule has 0 unspecified atom stereocenters. The quantitative estimate of drug-likeness (QED) is 0.390. The molecule has 1 aromatic heterocycles. The van der Waals surface area contributed by atoms with Gasteiger partial charge in [0, 0.05) is 6.20 Å². The van der Waals surface area contributed by atoms with Gasteiger partial charge >= 0.3 is 5.97 Å². The van der Waals surface area contributed by atoms with E-state index in [4.69, 9.17) is 22.6 Å². The minimum Gasteiger partial charge on any atom is -0.464 e. The zero-order chi connectivity index (χ0) is 18.2. The Balaban J connectivity index is 2.97. The van der Waals surface area contributed by atoms with Crippen molar-refractivity contribution in [2.75, 3.05) is 12.8 Å². The van der Waals surface area contributed by atoms with Gasteiger partial charge < -0.3 is 10.5 Å². The second-order valence-corrected chi connectivity index (χ2v) is 4.77. The number of methoxy groups -OCH3 is 1. The highest BCUT2D eigenvalue weighted by molar-refractivity contribution is 6.31. The summed E-state index contributed by atoms with van der Waals surface area (Å²) < 4.78 is 33.0. The first-order valence-corrected chi connectivity index (χ1v) is 6.43. The Morgan fingerprint density at radius 2 is 2.17 bits per heavy atom. The molecule has 124 valence electrons. The van der Waals surface area contributed by atoms with Gasteiger partial charge in [-0.1, -0.05) is 11.6 Å². The van der Waals surface area contributed by atoms with Crippen molar-refractivity contribution in [1.29, 1.82) is 5.26 Å². The number of nitro groups is 1. The number of hydrogen-bond acceptors (Lipinski definition) is 6. The van der Waals surface area contributed by atoms with Crippen LogP contribution in [0.5, 0.6) is 0 Å². The first-order valence-electron chi connectivity index (χ1n) is 6.06. The maximum atomic E-state index is 14.4. The topological polar surface area (TPSA) is 124 Å². The lowest BCUT2D eigenvalue weighted by Crippen LogP contribution is -2.14. The number of nitro benzene ring substituents is 1. The van der Waals surface area contributed by atoms with Crippen LogP contribution in [0.2, 0.25) is 5.02 Å². The number of carbonyl (C=O) groups is 1. The van der Waals surface area contributed by atoms with E-state index in [1.165, 1.54) is 0 Å². The largest absolute Gasteiger partial charge is 0.464 e. The van der Waals surface area contributed by atoms with Gasteiger partial charge in [0.25, 0.3) is 5.69 Å². The summed E-state index contributed by atoms with van der Waals surface area (Å²) in [6, 6.07) is 2.04. The molecule has 0 amide bonds. The van der Waals surface area contributed by atoms with Crippen molar-refractivity contribution in [2.45, 2.75) is 0 Å². The second kappa shape index (κ2) is 6.13. The average Bonchev–Trinajstić information content (AvgIpc) is 2.87. The van der Waals surface area contributed by atoms with Crippen molar-refractivity contribution < 1.29 is 23.2 Å². The first-order chi connectivity index (χ1) is 11.2. The highest BCUT2D eigenvalue weighted by atomic mass is 35.5. The Morgan fingerprint density at radius 3 is 2.67 bits per heavy atom. The van der Waals surface area contributed by atoms with Crippen LogP contribution in [0, 0.1) is 33.1 Å². The third-order valence-corrected chi connectivity index (χ3v) is 3.44. The van der Waals surface area contributed by atoms with Crippen LogP contribution < -0.4 is 5.73 Å². The van der Waals surface area contributed by atoms with Crippen LogP contribution in [0.15, 0.2) is 12.3 Å². The maximum absolute atomic E-state index is 14.4. The molecule has 0 aliphatic heterocycles. The summed E-state index contributed by atoms with van der Waals surface area (Å²) in [4.78, 5) is 21.9. The minimum absolute atomic E-state index is 0.260. The van der Waals surface area contributed by atoms with E-state index >= 15 is 0 Å². The predicted molar refractivity (Wildman–Crippen MR) is 77.8 cm³/mol. The lowest BCUT2D eigenvalue weighted by molar-refractivity contribution is -0.384. The normalized spacial score (nSPS) is 10.3. The van der Waals surface area contributed by atoms with E-state index in [1.54, 1.807) is 6.07 Å². The summed E-state index contributed by atoms with van der Waals surface area (Å²) in [5, 5.41) is 19.1. The predicted octanol–water partition coefficient (Wildman–Crippen LogP) is 2.56. The van der Waals surface area contributed by atoms with Crippen LogP contribution in [-0.4, -0.2) is 22.6 Å². The lowest BCUT2D eigenvalue weighted by Gasteiger charge is -2.11. The SMILES string of the molecule is COC(=O)c1c(N)c(C#N)cn1-c1c([N+](=O)[O-])cc(F)c(Cl)c1F. The molecule has 0 fully saturated rings. The van der Waals surface area contributed by atoms with Gasteiger partial charge in [-0.15, -0.1) is 0 Å². The Hall–Kier alpha value is -3.19. The number of halogens is 3. The summed E-state index contributed by atoms with van der Waals surface area (Å²) in [6.45, 7) is 0. The average molecular weight is 357 g/mol. The molecule has 0 saturated heterocycles. The Labute approximate surface area is 137 Å². The molecule has 11 heteroatoms. The monoisotopic (exact) mass is 356 g/mol. The number of carbonyl (C=O) groups excluding carboxylic acids is 1. The van der Waals surface area contributed by atoms with Gasteiger partial charge in [0.05, 0.1) is 29.4 Å². The van der Waals surface area contributed by atoms with Crippen molar-refractivity contribution in [2.24, 2.45) is 0 Å². The van der Waals surface area contributed by atoms with Crippen LogP contribution in [0.1, 0.15) is 16.1 Å². The van der Waals surface area contributed by atoms with E-state index in [-0.39, 0.29) is 11.3 Å². The molecule has 0 radical (unpaired) electrons. The molecule has 0 aliphatic carbocycles. The van der Waals surface area contributed by atoms with E-state index in [0.29, 0.717) is 10.6 Å². The van der Waals surface area contributed by atoms with Gasteiger partial charge in [-0.3, -0.25) is 14.7 Å². The minimum atomic E-state index is -1.49. The van der Waals surface area contributed by atoms with E-state index in [0.717, 1.165) is 13.3 Å². The van der Waals surface area contributed by atoms with Crippen molar-refractivity contribution >= 4 is 28.9 Å². The van der Waals surface area contributed by atoms with Gasteiger partial charge in [0.1, 0.15) is 11.1 Å². The number of rotatable bonds is 3. The number of esters is 1. The summed E-state index contributed by atoms with van der Waals surface area (Å²) in [5.74, 6) is -3.93. The standard InChI is InChI=1S/C13H7ClF2N4O4/c1-24-13(21)12-10(18)5(3-17)4-19(12)11-7(20(22)23)2-6(15)8(14)9(11)16/h2,4H,18H2,1H3. The van der Waals surface area contributed by atoms with Crippen LogP contribution in [-0.2, 0) is 4.74 Å². The highest BCUT2D eigenvalue weighted by Gasteiger charge is 2.31. The molecule has 0 atom stereocenters. The molecular weight excluding hydrogens is 350 g/mol. The molecule has 2 rings (SSSR count). The number of nitriles is 1. The van der Waals surface area contributed by atoms with E-state index < -0.39 is 44.6 Å². The number of aromatic nitrogens is 1. The summed E-state index contributed by atoms with van der Waals surface area (Å²) in [7, 11) is 0.994. The van der Waals surface area contributed by atoms with Crippen molar-refractivity contribution in [1.82, 2.24) is 4.57 Å². The Kier molecular flexibility index (Phi) is 4.39. The van der Waals surface area contributed by atoms with Crippen LogP contribution >= 0.6 is 11.6 Å². The number of hydrogen-bond donors (Lipinski definition) is 1. The van der Waals surface area contributed by atoms with Crippen LogP contribution in [0.25, 0.3) is 5.69 Å². The maximum Gasteiger partial charge on any atom is 0.357 e. The highest BCUT2D eigenvalue weighted by Crippen LogP contribution is 2.36. The molecule has 1 aromatic carbocycles. The van der Waals surface area contributed by atoms with Gasteiger partial charge in [-0.05, 0) is 0 Å². The Morgan fingerprint density at radius 1 is 1.54 bits per heavy atom. The zero-order valence-corrected chi connectivity index (χ0v) is 12.6. The summed E-state index contributed by atoms with van der Waals surface area (Å²) in [5.41, 5.74) is 2.60. The molecule has 0 aliphatic rings. The summed E-state index contributed by atoms with van der Waals surface area (Å²) >= 11 is 5.46. The number of anilines is 1. The lowest BCUT2D eigenvalue weighted by atomic mass is 10.2. The van der Waals surface area contributed by atoms with Gasteiger partial charge in [0.2, 0.25) is 0 Å². The first kappa shape index (κ1) is 17.2. The molecule has 24 heavy (non-hydrogen) atoms. The fourth-order valence-corrected chi connectivity index (χ4v) is 2.18. The number of nitrogens with two attached hydrogens (primary N) is 1. The molecule has 8 nitrogen and oxygen atoms in total.